The van der Waals surface area contributed by atoms with Crippen molar-refractivity contribution in [3.8, 4) is 11.5 Å². The quantitative estimate of drug-likeness (QED) is 0.766. The van der Waals surface area contributed by atoms with Crippen molar-refractivity contribution in [3.63, 3.8) is 0 Å². The number of aliphatic hydroxyl groups is 2. The molecule has 0 radical (unpaired) electrons. The number of aryl methyl sites for hydroxylation is 2. The maximum atomic E-state index is 13.3. The van der Waals surface area contributed by atoms with E-state index in [2.05, 4.69) is 0 Å². The first-order chi connectivity index (χ1) is 14.0. The third-order valence-electron chi connectivity index (χ3n) is 5.86. The average molecular weight is 404 g/mol. The van der Waals surface area contributed by atoms with E-state index in [4.69, 9.17) is 9.47 Å². The molecule has 2 aromatic carbocycles. The van der Waals surface area contributed by atoms with Gasteiger partial charge >= 0.3 is 0 Å². The molecule has 0 bridgehead atoms. The predicted octanol–water partition coefficient (Wildman–Crippen LogP) is 3.94. The van der Waals surface area contributed by atoms with Crippen LogP contribution in [0.25, 0.3) is 0 Å². The van der Waals surface area contributed by atoms with Crippen molar-refractivity contribution >= 4 is 0 Å². The number of halogens is 2. The van der Waals surface area contributed by atoms with Crippen molar-refractivity contribution in [2.45, 2.75) is 69.4 Å². The molecular formula is C23H26F2O4. The van der Waals surface area contributed by atoms with E-state index in [0.717, 1.165) is 11.1 Å². The average Bonchev–Trinajstić information content (AvgIpc) is 2.72. The molecule has 2 aliphatic rings. The fourth-order valence-electron chi connectivity index (χ4n) is 4.21. The van der Waals surface area contributed by atoms with Gasteiger partial charge in [0.05, 0.1) is 12.2 Å². The van der Waals surface area contributed by atoms with Crippen LogP contribution in [0.15, 0.2) is 36.4 Å². The molecule has 0 saturated heterocycles. The van der Waals surface area contributed by atoms with Crippen LogP contribution in [0.4, 0.5) is 8.78 Å². The summed E-state index contributed by atoms with van der Waals surface area (Å²) in [7, 11) is 0. The van der Waals surface area contributed by atoms with Gasteiger partial charge in [0.25, 0.3) is 0 Å². The van der Waals surface area contributed by atoms with Gasteiger partial charge in [-0.3, -0.25) is 0 Å². The van der Waals surface area contributed by atoms with E-state index in [0.29, 0.717) is 56.4 Å². The molecule has 2 aromatic rings. The molecule has 0 amide bonds. The van der Waals surface area contributed by atoms with Gasteiger partial charge in [0.1, 0.15) is 35.3 Å². The van der Waals surface area contributed by atoms with Crippen LogP contribution in [0.3, 0.4) is 0 Å². The number of rotatable bonds is 6. The van der Waals surface area contributed by atoms with Crippen molar-refractivity contribution in [1.29, 1.82) is 0 Å². The molecule has 0 spiro atoms. The number of benzene rings is 2. The zero-order valence-corrected chi connectivity index (χ0v) is 16.2. The fraction of sp³-hybridized carbons (Fsp3) is 0.478. The van der Waals surface area contributed by atoms with E-state index in [1.807, 2.05) is 0 Å². The monoisotopic (exact) mass is 404 g/mol. The van der Waals surface area contributed by atoms with E-state index >= 15 is 0 Å². The highest BCUT2D eigenvalue weighted by molar-refractivity contribution is 5.36. The van der Waals surface area contributed by atoms with E-state index in [-0.39, 0.29) is 23.8 Å². The minimum absolute atomic E-state index is 0.280. The zero-order valence-electron chi connectivity index (χ0n) is 16.2. The number of aliphatic hydroxyl groups excluding tert-OH is 2. The summed E-state index contributed by atoms with van der Waals surface area (Å²) >= 11 is 0. The summed E-state index contributed by atoms with van der Waals surface area (Å²) in [6.07, 6.45) is 2.34. The second kappa shape index (κ2) is 8.67. The highest BCUT2D eigenvalue weighted by Crippen LogP contribution is 2.32. The molecule has 156 valence electrons. The lowest BCUT2D eigenvalue weighted by Gasteiger charge is -2.31. The third-order valence-corrected chi connectivity index (χ3v) is 5.86. The van der Waals surface area contributed by atoms with Crippen molar-refractivity contribution in [3.05, 3.63) is 59.2 Å². The fourth-order valence-corrected chi connectivity index (χ4v) is 4.21. The number of hydrogen-bond acceptors (Lipinski definition) is 4. The highest BCUT2D eigenvalue weighted by atomic mass is 19.1. The molecule has 4 atom stereocenters. The second-order valence-corrected chi connectivity index (χ2v) is 7.96. The molecule has 0 aliphatic carbocycles. The standard InChI is InChI=1S/C23H26F2O4/c24-16-6-10-20-14(12-16)4-8-22(28-20)18(26)2-1-3-19(27)23-9-5-15-13-17(25)7-11-21(15)29-23/h6-7,10-13,18-19,22-23,26-27H,1-5,8-9H2/t18-,19-,22+,23?/m0/s1. The van der Waals surface area contributed by atoms with Gasteiger partial charge in [-0.15, -0.1) is 0 Å². The Morgan fingerprint density at radius 2 is 1.24 bits per heavy atom. The van der Waals surface area contributed by atoms with Crippen LogP contribution in [0.2, 0.25) is 0 Å². The van der Waals surface area contributed by atoms with Crippen LogP contribution in [-0.2, 0) is 12.8 Å². The number of fused-ring (bicyclic) bond motifs is 2. The Morgan fingerprint density at radius 3 is 1.69 bits per heavy atom. The van der Waals surface area contributed by atoms with E-state index in [9.17, 15) is 19.0 Å². The third kappa shape index (κ3) is 4.70. The normalized spacial score (nSPS) is 22.6. The second-order valence-electron chi connectivity index (χ2n) is 7.96. The van der Waals surface area contributed by atoms with Crippen LogP contribution >= 0.6 is 0 Å². The van der Waals surface area contributed by atoms with Gasteiger partial charge in [-0.2, -0.15) is 0 Å². The first kappa shape index (κ1) is 20.1. The lowest BCUT2D eigenvalue weighted by Crippen LogP contribution is -2.36. The number of hydrogen-bond donors (Lipinski definition) is 2. The summed E-state index contributed by atoms with van der Waals surface area (Å²) in [5.74, 6) is 0.705. The molecule has 0 fully saturated rings. The summed E-state index contributed by atoms with van der Waals surface area (Å²) < 4.78 is 38.3. The molecule has 0 aromatic heterocycles. The Labute approximate surface area is 169 Å². The van der Waals surface area contributed by atoms with Crippen molar-refractivity contribution in [2.24, 2.45) is 0 Å². The molecule has 0 saturated carbocycles. The van der Waals surface area contributed by atoms with Crippen LogP contribution in [0.1, 0.15) is 43.2 Å². The van der Waals surface area contributed by atoms with E-state index in [1.54, 1.807) is 12.1 Å². The number of ether oxygens (including phenoxy) is 2. The Morgan fingerprint density at radius 1 is 0.793 bits per heavy atom. The predicted molar refractivity (Wildman–Crippen MR) is 104 cm³/mol. The molecule has 4 nitrogen and oxygen atoms in total. The van der Waals surface area contributed by atoms with Crippen molar-refractivity contribution in [1.82, 2.24) is 0 Å². The van der Waals surface area contributed by atoms with Gasteiger partial charge in [-0.1, -0.05) is 0 Å². The Kier molecular flexibility index (Phi) is 6.01. The topological polar surface area (TPSA) is 58.9 Å². The van der Waals surface area contributed by atoms with E-state index in [1.165, 1.54) is 24.3 Å². The van der Waals surface area contributed by atoms with Crippen LogP contribution in [0.5, 0.6) is 11.5 Å². The molecule has 2 heterocycles. The smallest absolute Gasteiger partial charge is 0.125 e. The van der Waals surface area contributed by atoms with Gasteiger partial charge in [0.2, 0.25) is 0 Å². The molecule has 29 heavy (non-hydrogen) atoms. The minimum atomic E-state index is -0.642. The molecular weight excluding hydrogens is 378 g/mol. The van der Waals surface area contributed by atoms with Gasteiger partial charge in [-0.25, -0.2) is 8.78 Å². The maximum Gasteiger partial charge on any atom is 0.125 e. The SMILES string of the molecule is O[C@@H](CCC[C@H](O)[C@H]1CCc2cc(F)ccc2O1)C1CCc2cc(F)ccc2O1. The summed E-state index contributed by atoms with van der Waals surface area (Å²) in [5.41, 5.74) is 1.66. The molecule has 4 rings (SSSR count). The van der Waals surface area contributed by atoms with Crippen molar-refractivity contribution < 1.29 is 28.5 Å². The lowest BCUT2D eigenvalue weighted by atomic mass is 9.94. The summed E-state index contributed by atoms with van der Waals surface area (Å²) in [6, 6.07) is 8.89. The van der Waals surface area contributed by atoms with Gasteiger partial charge in [-0.05, 0) is 92.5 Å². The Bertz CT molecular complexity index is 787. The Balaban J connectivity index is 1.24. The Hall–Kier alpha value is -2.18. The van der Waals surface area contributed by atoms with Crippen molar-refractivity contribution in [2.75, 3.05) is 0 Å². The van der Waals surface area contributed by atoms with Crippen LogP contribution in [0, 0.1) is 11.6 Å². The molecule has 1 unspecified atom stereocenters. The summed E-state index contributed by atoms with van der Waals surface area (Å²) in [4.78, 5) is 0. The first-order valence-electron chi connectivity index (χ1n) is 10.3. The molecule has 6 heteroatoms. The minimum Gasteiger partial charge on any atom is -0.487 e. The van der Waals surface area contributed by atoms with E-state index < -0.39 is 12.2 Å². The van der Waals surface area contributed by atoms with Crippen LogP contribution < -0.4 is 9.47 Å². The summed E-state index contributed by atoms with van der Waals surface area (Å²) in [5, 5.41) is 21.0. The van der Waals surface area contributed by atoms with Gasteiger partial charge in [0.15, 0.2) is 0 Å². The van der Waals surface area contributed by atoms with Gasteiger partial charge in [0, 0.05) is 0 Å². The first-order valence-corrected chi connectivity index (χ1v) is 10.3. The summed E-state index contributed by atoms with van der Waals surface area (Å²) in [6.45, 7) is 0. The largest absolute Gasteiger partial charge is 0.487 e. The molecule has 2 N–H and O–H groups in total. The molecule has 2 aliphatic heterocycles. The van der Waals surface area contributed by atoms with Crippen LogP contribution in [-0.4, -0.2) is 34.6 Å². The van der Waals surface area contributed by atoms with Gasteiger partial charge < -0.3 is 19.7 Å². The maximum absolute atomic E-state index is 13.3. The lowest BCUT2D eigenvalue weighted by molar-refractivity contribution is 0.00133. The zero-order chi connectivity index (χ0) is 20.4. The highest BCUT2D eigenvalue weighted by Gasteiger charge is 2.29.